The van der Waals surface area contributed by atoms with Crippen LogP contribution in [-0.2, 0) is 21.5 Å². The Labute approximate surface area is 174 Å². The molecule has 1 heterocycles. The number of unbranched alkanes of at least 4 members (excludes halogenated alkanes) is 2. The summed E-state index contributed by atoms with van der Waals surface area (Å²) in [6, 6.07) is 13.8. The molecule has 0 aliphatic rings. The fourth-order valence-corrected chi connectivity index (χ4v) is 3.56. The minimum Gasteiger partial charge on any atom is -0.481 e. The third kappa shape index (κ3) is 5.68. The summed E-state index contributed by atoms with van der Waals surface area (Å²) in [5, 5.41) is 11.9. The number of aliphatic carboxylic acids is 1. The van der Waals surface area contributed by atoms with Crippen LogP contribution in [0, 0.1) is 0 Å². The Balaban J connectivity index is 1.85. The van der Waals surface area contributed by atoms with Crippen molar-refractivity contribution in [3.8, 4) is 0 Å². The van der Waals surface area contributed by atoms with Crippen molar-refractivity contribution >= 4 is 39.0 Å². The maximum Gasteiger partial charge on any atom is 0.375 e. The number of aromatic nitrogens is 1. The molecule has 0 saturated carbocycles. The number of rotatable bonds is 10. The molecule has 0 bridgehead atoms. The standard InChI is InChI=1S/C21H22N2O6S/c24-21(25)9-5-2-6-14-23-18-11-10-17(30(26,27)28)15-19(18)29-20(23)12-13-22-16-7-3-1-4-8-16/h1,3-4,7-8,10-13,15H,2,5-6,9,14H2,(H2,24,25,26,27,28)/p+1. The van der Waals surface area contributed by atoms with Crippen molar-refractivity contribution in [1.29, 1.82) is 0 Å². The number of nitrogens with zero attached hydrogens (tertiary/aromatic N) is 1. The lowest BCUT2D eigenvalue weighted by Crippen LogP contribution is -2.35. The van der Waals surface area contributed by atoms with Crippen molar-refractivity contribution in [2.45, 2.75) is 37.1 Å². The zero-order valence-electron chi connectivity index (χ0n) is 16.2. The second-order valence-electron chi connectivity index (χ2n) is 6.74. The number of benzene rings is 2. The van der Waals surface area contributed by atoms with Gasteiger partial charge in [0, 0.05) is 36.9 Å². The van der Waals surface area contributed by atoms with Crippen molar-refractivity contribution in [1.82, 2.24) is 0 Å². The molecule has 0 atom stereocenters. The molecule has 0 aliphatic heterocycles. The summed E-state index contributed by atoms with van der Waals surface area (Å²) in [4.78, 5) is 10.4. The van der Waals surface area contributed by atoms with Crippen LogP contribution in [0.15, 0.2) is 64.0 Å². The minimum atomic E-state index is -4.34. The summed E-state index contributed by atoms with van der Waals surface area (Å²) in [5.41, 5.74) is 1.91. The SMILES string of the molecule is O=C(O)CCCCC[n+]1c(/C=C/Nc2ccccc2)oc2cc(S(=O)(=O)O)ccc21. The van der Waals surface area contributed by atoms with Crippen LogP contribution in [0.3, 0.4) is 0 Å². The van der Waals surface area contributed by atoms with Gasteiger partial charge >= 0.3 is 11.9 Å². The van der Waals surface area contributed by atoms with E-state index in [1.165, 1.54) is 12.1 Å². The van der Waals surface area contributed by atoms with E-state index in [0.29, 0.717) is 30.0 Å². The van der Waals surface area contributed by atoms with Crippen LogP contribution in [-0.4, -0.2) is 24.0 Å². The number of anilines is 1. The predicted molar refractivity (Wildman–Crippen MR) is 111 cm³/mol. The van der Waals surface area contributed by atoms with Gasteiger partial charge in [-0.25, -0.2) is 0 Å². The third-order valence-electron chi connectivity index (χ3n) is 4.52. The van der Waals surface area contributed by atoms with Crippen LogP contribution in [0.25, 0.3) is 17.2 Å². The Morgan fingerprint density at radius 1 is 1.10 bits per heavy atom. The zero-order chi connectivity index (χ0) is 21.6. The third-order valence-corrected chi connectivity index (χ3v) is 5.37. The molecule has 0 spiro atoms. The lowest BCUT2D eigenvalue weighted by Gasteiger charge is -1.99. The van der Waals surface area contributed by atoms with Crippen molar-refractivity contribution in [3.05, 3.63) is 60.6 Å². The van der Waals surface area contributed by atoms with Crippen molar-refractivity contribution in [2.24, 2.45) is 0 Å². The molecule has 9 heteroatoms. The van der Waals surface area contributed by atoms with Crippen molar-refractivity contribution in [2.75, 3.05) is 5.32 Å². The van der Waals surface area contributed by atoms with Crippen molar-refractivity contribution < 1.29 is 31.9 Å². The van der Waals surface area contributed by atoms with E-state index in [-0.39, 0.29) is 11.3 Å². The van der Waals surface area contributed by atoms with Gasteiger partial charge < -0.3 is 14.8 Å². The van der Waals surface area contributed by atoms with Crippen LogP contribution < -0.4 is 9.88 Å². The Morgan fingerprint density at radius 2 is 1.87 bits per heavy atom. The molecule has 0 unspecified atom stereocenters. The van der Waals surface area contributed by atoms with E-state index in [4.69, 9.17) is 9.52 Å². The van der Waals surface area contributed by atoms with Crippen LogP contribution in [0.2, 0.25) is 0 Å². The van der Waals surface area contributed by atoms with Gasteiger partial charge in [0.2, 0.25) is 5.58 Å². The lowest BCUT2D eigenvalue weighted by atomic mass is 10.2. The van der Waals surface area contributed by atoms with Gasteiger partial charge in [0.1, 0.15) is 0 Å². The number of aryl methyl sites for hydroxylation is 1. The zero-order valence-corrected chi connectivity index (χ0v) is 17.0. The van der Waals surface area contributed by atoms with Gasteiger partial charge in [-0.05, 0) is 31.0 Å². The van der Waals surface area contributed by atoms with Crippen LogP contribution in [0.4, 0.5) is 5.69 Å². The van der Waals surface area contributed by atoms with Gasteiger partial charge in [0.15, 0.2) is 6.54 Å². The van der Waals surface area contributed by atoms with E-state index in [1.54, 1.807) is 18.3 Å². The van der Waals surface area contributed by atoms with Gasteiger partial charge in [-0.2, -0.15) is 13.0 Å². The largest absolute Gasteiger partial charge is 0.481 e. The first-order chi connectivity index (χ1) is 14.3. The van der Waals surface area contributed by atoms with E-state index in [0.717, 1.165) is 18.5 Å². The summed E-state index contributed by atoms with van der Waals surface area (Å²) in [6.45, 7) is 0.572. The molecule has 2 aromatic carbocycles. The molecule has 1 aromatic heterocycles. The summed E-state index contributed by atoms with van der Waals surface area (Å²) in [7, 11) is -4.34. The second-order valence-corrected chi connectivity index (χ2v) is 8.17. The molecule has 158 valence electrons. The van der Waals surface area contributed by atoms with Crippen LogP contribution >= 0.6 is 0 Å². The summed E-state index contributed by atoms with van der Waals surface area (Å²) < 4.78 is 39.9. The maximum atomic E-state index is 11.4. The van der Waals surface area contributed by atoms with Crippen molar-refractivity contribution in [3.63, 3.8) is 0 Å². The lowest BCUT2D eigenvalue weighted by molar-refractivity contribution is -0.678. The quantitative estimate of drug-likeness (QED) is 0.254. The monoisotopic (exact) mass is 431 g/mol. The molecule has 3 rings (SSSR count). The van der Waals surface area contributed by atoms with Crippen LogP contribution in [0.1, 0.15) is 31.6 Å². The highest BCUT2D eigenvalue weighted by Crippen LogP contribution is 2.20. The number of oxazole rings is 1. The van der Waals surface area contributed by atoms with E-state index < -0.39 is 16.1 Å². The number of carbonyl (C=O) groups is 1. The molecule has 8 nitrogen and oxygen atoms in total. The summed E-state index contributed by atoms with van der Waals surface area (Å²) >= 11 is 0. The number of hydrogen-bond acceptors (Lipinski definition) is 5. The molecule has 3 aromatic rings. The van der Waals surface area contributed by atoms with E-state index in [9.17, 15) is 17.8 Å². The highest BCUT2D eigenvalue weighted by Gasteiger charge is 2.22. The number of carboxylic acid groups (broad SMARTS) is 1. The number of para-hydroxylation sites is 1. The molecular weight excluding hydrogens is 408 g/mol. The molecule has 0 aliphatic carbocycles. The van der Waals surface area contributed by atoms with E-state index in [1.807, 2.05) is 34.9 Å². The van der Waals surface area contributed by atoms with Gasteiger partial charge in [-0.1, -0.05) is 18.2 Å². The average molecular weight is 431 g/mol. The molecular formula is C21H23N2O6S+. The highest BCUT2D eigenvalue weighted by molar-refractivity contribution is 7.85. The molecule has 0 fully saturated rings. The number of nitrogens with one attached hydrogen (secondary N) is 1. The van der Waals surface area contributed by atoms with Gasteiger partial charge in [-0.3, -0.25) is 9.35 Å². The normalized spacial score (nSPS) is 11.9. The average Bonchev–Trinajstić information content (AvgIpc) is 3.04. The molecule has 0 saturated heterocycles. The fourth-order valence-electron chi connectivity index (χ4n) is 3.07. The topological polar surface area (TPSA) is 121 Å². The second kappa shape index (κ2) is 9.55. The van der Waals surface area contributed by atoms with Gasteiger partial charge in [-0.15, -0.1) is 0 Å². The fraction of sp³-hybridized carbons (Fsp3) is 0.238. The van der Waals surface area contributed by atoms with E-state index >= 15 is 0 Å². The Bertz CT molecular complexity index is 1150. The Kier molecular flexibility index (Phi) is 6.86. The first-order valence-electron chi connectivity index (χ1n) is 9.48. The summed E-state index contributed by atoms with van der Waals surface area (Å²) in [5.74, 6) is -0.316. The van der Waals surface area contributed by atoms with E-state index in [2.05, 4.69) is 5.32 Å². The smallest absolute Gasteiger partial charge is 0.375 e. The van der Waals surface area contributed by atoms with Gasteiger partial charge in [0.25, 0.3) is 15.6 Å². The molecule has 3 N–H and O–H groups in total. The summed E-state index contributed by atoms with van der Waals surface area (Å²) in [6.07, 6.45) is 5.64. The Morgan fingerprint density at radius 3 is 2.57 bits per heavy atom. The Hall–Kier alpha value is -3.17. The number of carboxylic acids is 1. The van der Waals surface area contributed by atoms with Gasteiger partial charge in [0.05, 0.1) is 11.0 Å². The maximum absolute atomic E-state index is 11.4. The molecule has 0 radical (unpaired) electrons. The molecule has 30 heavy (non-hydrogen) atoms. The predicted octanol–water partition coefficient (Wildman–Crippen LogP) is 3.69. The first-order valence-corrected chi connectivity index (χ1v) is 10.9. The number of hydrogen-bond donors (Lipinski definition) is 3. The first kappa shape index (κ1) is 21.5. The number of fused-ring (bicyclic) bond motifs is 1. The molecule has 0 amide bonds. The minimum absolute atomic E-state index is 0.127. The highest BCUT2D eigenvalue weighted by atomic mass is 32.2. The van der Waals surface area contributed by atoms with Crippen LogP contribution in [0.5, 0.6) is 0 Å².